The van der Waals surface area contributed by atoms with Crippen LogP contribution in [-0.2, 0) is 6.61 Å². The fraction of sp³-hybridized carbons (Fsp3) is 0.182. The zero-order valence-corrected chi connectivity index (χ0v) is 8.60. The van der Waals surface area contributed by atoms with Crippen LogP contribution in [0.1, 0.15) is 21.5 Å². The molecule has 0 aliphatic rings. The molecule has 0 saturated heterocycles. The number of aliphatic hydroxyl groups excluding tert-OH is 1. The maximum Gasteiger partial charge on any atom is 0.150 e. The van der Waals surface area contributed by atoms with Gasteiger partial charge in [0.1, 0.15) is 0 Å². The Morgan fingerprint density at radius 3 is 3.00 bits per heavy atom. The fourth-order valence-corrected chi connectivity index (χ4v) is 2.48. The highest BCUT2D eigenvalue weighted by Crippen LogP contribution is 2.28. The summed E-state index contributed by atoms with van der Waals surface area (Å²) in [5, 5.41) is 12.1. The van der Waals surface area contributed by atoms with Crippen LogP contribution < -0.4 is 0 Å². The molecule has 0 bridgehead atoms. The van der Waals surface area contributed by atoms with Gasteiger partial charge in [0.15, 0.2) is 6.29 Å². The third-order valence-electron chi connectivity index (χ3n) is 2.46. The number of hydrogen-bond donors (Lipinski definition) is 1. The Balaban J connectivity index is 2.87. The van der Waals surface area contributed by atoms with Crippen LogP contribution in [0.3, 0.4) is 0 Å². The van der Waals surface area contributed by atoms with Gasteiger partial charge in [0.05, 0.1) is 6.61 Å². The molecule has 0 amide bonds. The van der Waals surface area contributed by atoms with Crippen molar-refractivity contribution in [1.82, 2.24) is 0 Å². The first-order valence-corrected chi connectivity index (χ1v) is 5.21. The molecule has 0 saturated carbocycles. The van der Waals surface area contributed by atoms with Gasteiger partial charge < -0.3 is 5.11 Å². The minimum atomic E-state index is -0.0134. The van der Waals surface area contributed by atoms with Crippen molar-refractivity contribution in [3.8, 4) is 0 Å². The minimum Gasteiger partial charge on any atom is -0.392 e. The van der Waals surface area contributed by atoms with Crippen LogP contribution >= 0.6 is 11.3 Å². The van der Waals surface area contributed by atoms with Gasteiger partial charge in [-0.3, -0.25) is 4.79 Å². The molecule has 2 nitrogen and oxygen atoms in total. The highest BCUT2D eigenvalue weighted by molar-refractivity contribution is 7.17. The SMILES string of the molecule is Cc1c(CO)cc2sccc2c1C=O. The number of thiophene rings is 1. The molecule has 1 N–H and O–H groups in total. The number of aliphatic hydroxyl groups is 1. The van der Waals surface area contributed by atoms with Crippen LogP contribution in [-0.4, -0.2) is 11.4 Å². The largest absolute Gasteiger partial charge is 0.392 e. The predicted molar refractivity (Wildman–Crippen MR) is 57.9 cm³/mol. The highest BCUT2D eigenvalue weighted by Gasteiger charge is 2.09. The number of carbonyl (C=O) groups excluding carboxylic acids is 1. The van der Waals surface area contributed by atoms with E-state index in [4.69, 9.17) is 5.11 Å². The summed E-state index contributed by atoms with van der Waals surface area (Å²) in [7, 11) is 0. The van der Waals surface area contributed by atoms with Crippen LogP contribution in [0.25, 0.3) is 10.1 Å². The predicted octanol–water partition coefficient (Wildman–Crippen LogP) is 2.51. The Bertz CT molecular complexity index is 485. The topological polar surface area (TPSA) is 37.3 Å². The molecule has 14 heavy (non-hydrogen) atoms. The number of rotatable bonds is 2. The van der Waals surface area contributed by atoms with Gasteiger partial charge in [-0.15, -0.1) is 11.3 Å². The molecule has 0 aliphatic carbocycles. The molecular formula is C11H10O2S. The standard InChI is InChI=1S/C11H10O2S/c1-7-8(5-12)4-11-9(2-3-14-11)10(7)6-13/h2-4,6,12H,5H2,1H3. The summed E-state index contributed by atoms with van der Waals surface area (Å²) >= 11 is 1.59. The number of aldehydes is 1. The van der Waals surface area contributed by atoms with Crippen molar-refractivity contribution in [2.75, 3.05) is 0 Å². The van der Waals surface area contributed by atoms with Crippen LogP contribution in [0.15, 0.2) is 17.5 Å². The van der Waals surface area contributed by atoms with E-state index >= 15 is 0 Å². The number of fused-ring (bicyclic) bond motifs is 1. The molecule has 0 aliphatic heterocycles. The van der Waals surface area contributed by atoms with Gasteiger partial charge in [0.2, 0.25) is 0 Å². The van der Waals surface area contributed by atoms with Crippen molar-refractivity contribution in [3.63, 3.8) is 0 Å². The van der Waals surface area contributed by atoms with E-state index in [1.54, 1.807) is 11.3 Å². The Morgan fingerprint density at radius 2 is 2.36 bits per heavy atom. The van der Waals surface area contributed by atoms with Crippen molar-refractivity contribution in [2.45, 2.75) is 13.5 Å². The Morgan fingerprint density at radius 1 is 1.57 bits per heavy atom. The lowest BCUT2D eigenvalue weighted by Crippen LogP contribution is -1.94. The maximum atomic E-state index is 10.9. The van der Waals surface area contributed by atoms with E-state index in [2.05, 4.69) is 0 Å². The monoisotopic (exact) mass is 206 g/mol. The van der Waals surface area contributed by atoms with Crippen LogP contribution in [0, 0.1) is 6.92 Å². The molecule has 2 rings (SSSR count). The summed E-state index contributed by atoms with van der Waals surface area (Å²) in [6, 6.07) is 3.89. The van der Waals surface area contributed by atoms with Gasteiger partial charge in [0.25, 0.3) is 0 Å². The van der Waals surface area contributed by atoms with E-state index < -0.39 is 0 Å². The molecule has 0 spiro atoms. The molecule has 3 heteroatoms. The van der Waals surface area contributed by atoms with Crippen molar-refractivity contribution >= 4 is 27.7 Å². The van der Waals surface area contributed by atoms with Crippen molar-refractivity contribution < 1.29 is 9.90 Å². The Labute approximate surface area is 85.8 Å². The van der Waals surface area contributed by atoms with Crippen LogP contribution in [0.5, 0.6) is 0 Å². The quantitative estimate of drug-likeness (QED) is 0.766. The molecular weight excluding hydrogens is 196 g/mol. The first kappa shape index (κ1) is 9.37. The third-order valence-corrected chi connectivity index (χ3v) is 3.33. The normalized spacial score (nSPS) is 10.7. The molecule has 0 fully saturated rings. The molecule has 1 aromatic heterocycles. The first-order valence-electron chi connectivity index (χ1n) is 4.33. The summed E-state index contributed by atoms with van der Waals surface area (Å²) in [5.74, 6) is 0. The lowest BCUT2D eigenvalue weighted by atomic mass is 10.0. The van der Waals surface area contributed by atoms with Gasteiger partial charge in [-0.25, -0.2) is 0 Å². The van der Waals surface area contributed by atoms with Gasteiger partial charge in [0, 0.05) is 15.6 Å². The summed E-state index contributed by atoms with van der Waals surface area (Å²) in [5.41, 5.74) is 2.42. The number of carbonyl (C=O) groups is 1. The zero-order valence-electron chi connectivity index (χ0n) is 7.78. The third kappa shape index (κ3) is 1.25. The molecule has 0 atom stereocenters. The fourth-order valence-electron chi connectivity index (χ4n) is 1.61. The second kappa shape index (κ2) is 3.52. The summed E-state index contributed by atoms with van der Waals surface area (Å²) in [4.78, 5) is 10.9. The maximum absolute atomic E-state index is 10.9. The lowest BCUT2D eigenvalue weighted by molar-refractivity contribution is 0.112. The Kier molecular flexibility index (Phi) is 2.35. The van der Waals surface area contributed by atoms with E-state index in [0.717, 1.165) is 27.5 Å². The summed E-state index contributed by atoms with van der Waals surface area (Å²) < 4.78 is 1.06. The van der Waals surface area contributed by atoms with Crippen LogP contribution in [0.4, 0.5) is 0 Å². The van der Waals surface area contributed by atoms with Gasteiger partial charge >= 0.3 is 0 Å². The highest BCUT2D eigenvalue weighted by atomic mass is 32.1. The van der Waals surface area contributed by atoms with Crippen molar-refractivity contribution in [2.24, 2.45) is 0 Å². The van der Waals surface area contributed by atoms with E-state index in [9.17, 15) is 4.79 Å². The number of hydrogen-bond acceptors (Lipinski definition) is 3. The summed E-state index contributed by atoms with van der Waals surface area (Å²) in [6.45, 7) is 1.85. The van der Waals surface area contributed by atoms with E-state index in [1.807, 2.05) is 24.4 Å². The number of benzene rings is 1. The minimum absolute atomic E-state index is 0.0134. The van der Waals surface area contributed by atoms with Gasteiger partial charge in [-0.2, -0.15) is 0 Å². The Hall–Kier alpha value is -1.19. The lowest BCUT2D eigenvalue weighted by Gasteiger charge is -2.06. The van der Waals surface area contributed by atoms with Gasteiger partial charge in [-0.1, -0.05) is 0 Å². The molecule has 1 heterocycles. The van der Waals surface area contributed by atoms with Crippen molar-refractivity contribution in [1.29, 1.82) is 0 Å². The van der Waals surface area contributed by atoms with Crippen LogP contribution in [0.2, 0.25) is 0 Å². The zero-order chi connectivity index (χ0) is 10.1. The van der Waals surface area contributed by atoms with E-state index in [0.29, 0.717) is 5.56 Å². The molecule has 1 aromatic carbocycles. The average molecular weight is 206 g/mol. The second-order valence-corrected chi connectivity index (χ2v) is 4.13. The first-order chi connectivity index (χ1) is 6.77. The smallest absolute Gasteiger partial charge is 0.150 e. The molecule has 2 aromatic rings. The van der Waals surface area contributed by atoms with E-state index in [-0.39, 0.29) is 6.61 Å². The molecule has 72 valence electrons. The summed E-state index contributed by atoms with van der Waals surface area (Å²) in [6.07, 6.45) is 0.865. The van der Waals surface area contributed by atoms with Gasteiger partial charge in [-0.05, 0) is 35.6 Å². The van der Waals surface area contributed by atoms with E-state index in [1.165, 1.54) is 0 Å². The second-order valence-electron chi connectivity index (χ2n) is 3.18. The molecule has 0 unspecified atom stereocenters. The van der Waals surface area contributed by atoms with Crippen molar-refractivity contribution in [3.05, 3.63) is 34.2 Å². The average Bonchev–Trinajstić information content (AvgIpc) is 2.64. The molecule has 0 radical (unpaired) electrons.